The molecule has 9 heteroatoms. The van der Waals surface area contributed by atoms with E-state index in [0.717, 1.165) is 22.7 Å². The first-order valence-electron chi connectivity index (χ1n) is 9.75. The number of likely N-dealkylation sites (tertiary alicyclic amines) is 1. The number of nitrogens with zero attached hydrogens (tertiary/aromatic N) is 1. The van der Waals surface area contributed by atoms with E-state index in [2.05, 4.69) is 18.8 Å². The van der Waals surface area contributed by atoms with E-state index in [1.807, 2.05) is 0 Å². The van der Waals surface area contributed by atoms with Gasteiger partial charge in [0.1, 0.15) is 0 Å². The van der Waals surface area contributed by atoms with Crippen LogP contribution in [-0.4, -0.2) is 44.6 Å². The van der Waals surface area contributed by atoms with Gasteiger partial charge in [-0.05, 0) is 30.6 Å². The maximum absolute atomic E-state index is 13.1. The van der Waals surface area contributed by atoms with Crippen molar-refractivity contribution in [2.45, 2.75) is 48.8 Å². The van der Waals surface area contributed by atoms with Crippen molar-refractivity contribution < 1.29 is 19.5 Å². The first-order valence-corrected chi connectivity index (χ1v) is 11.4. The lowest BCUT2D eigenvalue weighted by molar-refractivity contribution is -0.142. The molecule has 2 aliphatic carbocycles. The van der Waals surface area contributed by atoms with Crippen LogP contribution in [-0.2, 0) is 19.8 Å². The van der Waals surface area contributed by atoms with Crippen LogP contribution < -0.4 is 4.87 Å². The molecular formula is C19H22N2O5S2. The minimum atomic E-state index is -1.00. The molecule has 2 amide bonds. The zero-order valence-corrected chi connectivity index (χ0v) is 17.3. The van der Waals surface area contributed by atoms with Gasteiger partial charge < -0.3 is 10.1 Å². The van der Waals surface area contributed by atoms with E-state index in [4.69, 9.17) is 5.11 Å². The predicted molar refractivity (Wildman–Crippen MR) is 103 cm³/mol. The number of H-pyrrole nitrogens is 1. The van der Waals surface area contributed by atoms with Crippen LogP contribution >= 0.6 is 23.1 Å². The van der Waals surface area contributed by atoms with Gasteiger partial charge in [-0.2, -0.15) is 0 Å². The molecule has 7 nitrogen and oxygen atoms in total. The van der Waals surface area contributed by atoms with E-state index in [-0.39, 0.29) is 69.9 Å². The summed E-state index contributed by atoms with van der Waals surface area (Å²) in [5, 5.41) is 10.1. The summed E-state index contributed by atoms with van der Waals surface area (Å²) in [7, 11) is 0. The molecule has 0 spiro atoms. The number of hydrogen-bond acceptors (Lipinski definition) is 6. The molecule has 5 rings (SSSR count). The molecule has 3 heterocycles. The second-order valence-electron chi connectivity index (χ2n) is 8.64. The van der Waals surface area contributed by atoms with Gasteiger partial charge in [-0.15, -0.1) is 11.8 Å². The van der Waals surface area contributed by atoms with Gasteiger partial charge in [0, 0.05) is 22.1 Å². The minimum absolute atomic E-state index is 0.0341. The summed E-state index contributed by atoms with van der Waals surface area (Å²) in [6, 6.07) is 0. The molecule has 2 N–H and O–H groups in total. The molecule has 0 radical (unpaired) electrons. The second kappa shape index (κ2) is 5.95. The maximum Gasteiger partial charge on any atom is 0.305 e. The zero-order valence-electron chi connectivity index (χ0n) is 15.6. The Morgan fingerprint density at radius 2 is 1.93 bits per heavy atom. The minimum Gasteiger partial charge on any atom is -0.481 e. The van der Waals surface area contributed by atoms with Crippen molar-refractivity contribution in [3.63, 3.8) is 0 Å². The van der Waals surface area contributed by atoms with Gasteiger partial charge >= 0.3 is 10.8 Å². The number of aromatic amines is 1. The van der Waals surface area contributed by atoms with E-state index in [1.54, 1.807) is 11.8 Å². The summed E-state index contributed by atoms with van der Waals surface area (Å²) in [5.74, 6) is -1.54. The molecule has 3 fully saturated rings. The molecule has 2 saturated carbocycles. The van der Waals surface area contributed by atoms with Crippen LogP contribution in [0, 0.1) is 29.6 Å². The van der Waals surface area contributed by atoms with Crippen molar-refractivity contribution in [1.82, 2.24) is 9.88 Å². The molecule has 0 aromatic carbocycles. The number of fused-ring (bicyclic) bond motifs is 9. The standard InChI is InChI=1S/C19H22N2O5S2/c1-3-19(2)12-7-6-8(13(12)27-15-14(19)28-18(26)20-15)11-10(7)16(24)21(17(11)25)5-4-9(22)23/h7-8,10-13H,3-6H2,1-2H3,(H,20,26)(H,22,23)/t7?,8?,10?,11?,12-,13-,19+/m1/s1. The molecule has 4 unspecified atom stereocenters. The summed E-state index contributed by atoms with van der Waals surface area (Å²) in [6.45, 7) is 4.30. The van der Waals surface area contributed by atoms with Crippen molar-refractivity contribution in [1.29, 1.82) is 0 Å². The summed E-state index contributed by atoms with van der Waals surface area (Å²) in [4.78, 5) is 54.2. The highest BCUT2D eigenvalue weighted by molar-refractivity contribution is 8.00. The summed E-state index contributed by atoms with van der Waals surface area (Å²) >= 11 is 2.96. The highest BCUT2D eigenvalue weighted by Gasteiger charge is 2.71. The third-order valence-corrected chi connectivity index (χ3v) is 10.4. The number of aromatic nitrogens is 1. The van der Waals surface area contributed by atoms with Crippen LogP contribution in [0.4, 0.5) is 0 Å². The monoisotopic (exact) mass is 422 g/mol. The Labute approximate surface area is 169 Å². The topological polar surface area (TPSA) is 108 Å². The van der Waals surface area contributed by atoms with Gasteiger partial charge in [-0.25, -0.2) is 0 Å². The van der Waals surface area contributed by atoms with Gasteiger partial charge in [0.15, 0.2) is 0 Å². The molecule has 1 saturated heterocycles. The Morgan fingerprint density at radius 1 is 1.25 bits per heavy atom. The van der Waals surface area contributed by atoms with Crippen LogP contribution in [0.3, 0.4) is 0 Å². The molecular weight excluding hydrogens is 400 g/mol. The van der Waals surface area contributed by atoms with Gasteiger partial charge in [0.25, 0.3) is 0 Å². The van der Waals surface area contributed by atoms with Crippen molar-refractivity contribution in [3.05, 3.63) is 14.5 Å². The van der Waals surface area contributed by atoms with Gasteiger partial charge in [-0.3, -0.25) is 24.1 Å². The first kappa shape index (κ1) is 18.4. The third kappa shape index (κ3) is 2.17. The molecule has 150 valence electrons. The fourth-order valence-corrected chi connectivity index (χ4v) is 9.58. The average Bonchev–Trinajstić information content (AvgIpc) is 3.36. The van der Waals surface area contributed by atoms with E-state index < -0.39 is 5.97 Å². The highest BCUT2D eigenvalue weighted by atomic mass is 32.2. The summed E-state index contributed by atoms with van der Waals surface area (Å²) < 4.78 is 0. The molecule has 2 aliphatic heterocycles. The average molecular weight is 423 g/mol. The Morgan fingerprint density at radius 3 is 2.57 bits per heavy atom. The molecule has 7 atom stereocenters. The third-order valence-electron chi connectivity index (χ3n) is 7.60. The molecule has 2 bridgehead atoms. The zero-order chi connectivity index (χ0) is 20.0. The Kier molecular flexibility index (Phi) is 3.91. The van der Waals surface area contributed by atoms with Gasteiger partial charge in [0.05, 0.1) is 23.3 Å². The number of thioether (sulfide) groups is 1. The molecule has 4 aliphatic rings. The lowest BCUT2D eigenvalue weighted by Crippen LogP contribution is -2.49. The number of amides is 2. The van der Waals surface area contributed by atoms with E-state index >= 15 is 0 Å². The Hall–Kier alpha value is -1.61. The maximum atomic E-state index is 13.1. The van der Waals surface area contributed by atoms with Crippen molar-refractivity contribution in [2.75, 3.05) is 6.54 Å². The lowest BCUT2D eigenvalue weighted by Gasteiger charge is -2.48. The summed E-state index contributed by atoms with van der Waals surface area (Å²) in [5.41, 5.74) is -0.183. The highest BCUT2D eigenvalue weighted by Crippen LogP contribution is 2.69. The quantitative estimate of drug-likeness (QED) is 0.718. The number of thiazole rings is 1. The van der Waals surface area contributed by atoms with E-state index in [9.17, 15) is 19.2 Å². The second-order valence-corrected chi connectivity index (χ2v) is 10.8. The number of imide groups is 1. The number of rotatable bonds is 4. The number of hydrogen-bond donors (Lipinski definition) is 2. The Balaban J connectivity index is 1.53. The molecule has 1 aromatic rings. The van der Waals surface area contributed by atoms with Crippen LogP contribution in [0.15, 0.2) is 9.82 Å². The number of aliphatic carboxylic acids is 1. The number of nitrogens with one attached hydrogen (secondary N) is 1. The smallest absolute Gasteiger partial charge is 0.305 e. The van der Waals surface area contributed by atoms with Crippen molar-refractivity contribution >= 4 is 40.9 Å². The van der Waals surface area contributed by atoms with Crippen LogP contribution in [0.5, 0.6) is 0 Å². The van der Waals surface area contributed by atoms with Crippen molar-refractivity contribution in [3.8, 4) is 0 Å². The van der Waals surface area contributed by atoms with Gasteiger partial charge in [-0.1, -0.05) is 25.2 Å². The van der Waals surface area contributed by atoms with Crippen LogP contribution in [0.2, 0.25) is 0 Å². The normalized spacial score (nSPS) is 40.6. The molecule has 1 aromatic heterocycles. The lowest BCUT2D eigenvalue weighted by atomic mass is 9.62. The fourth-order valence-electron chi connectivity index (χ4n) is 6.38. The largest absolute Gasteiger partial charge is 0.481 e. The SMILES string of the molecule is CC[C@]1(C)c2sc(=O)[nH]c2S[C@@H]2C3CC(C4C(=O)N(CCC(=O)O)C(=O)C43)[C@H]21. The van der Waals surface area contributed by atoms with Crippen LogP contribution in [0.1, 0.15) is 38.0 Å². The first-order chi connectivity index (χ1) is 13.3. The number of carboxylic acids is 1. The number of carbonyl (C=O) groups is 3. The fraction of sp³-hybridized carbons (Fsp3) is 0.684. The predicted octanol–water partition coefficient (Wildman–Crippen LogP) is 1.92. The van der Waals surface area contributed by atoms with E-state index in [1.165, 1.54) is 16.2 Å². The number of carbonyl (C=O) groups excluding carboxylic acids is 2. The van der Waals surface area contributed by atoms with Crippen molar-refractivity contribution in [2.24, 2.45) is 29.6 Å². The Bertz CT molecular complexity index is 954. The van der Waals surface area contributed by atoms with Gasteiger partial charge in [0.2, 0.25) is 11.8 Å². The summed E-state index contributed by atoms with van der Waals surface area (Å²) in [6.07, 6.45) is 1.54. The van der Waals surface area contributed by atoms with E-state index in [0.29, 0.717) is 0 Å². The van der Waals surface area contributed by atoms with Crippen LogP contribution in [0.25, 0.3) is 0 Å². The molecule has 28 heavy (non-hydrogen) atoms. The number of carboxylic acid groups (broad SMARTS) is 1.